The van der Waals surface area contributed by atoms with Gasteiger partial charge in [-0.05, 0) is 44.5 Å². The summed E-state index contributed by atoms with van der Waals surface area (Å²) in [5, 5.41) is 15.4. The van der Waals surface area contributed by atoms with Gasteiger partial charge in [-0.15, -0.1) is 0 Å². The molecule has 1 amide bonds. The number of aromatic hydroxyl groups is 1. The van der Waals surface area contributed by atoms with E-state index in [0.717, 1.165) is 35.7 Å². The number of pyridine rings is 1. The summed E-state index contributed by atoms with van der Waals surface area (Å²) < 4.78 is 5.37. The summed E-state index contributed by atoms with van der Waals surface area (Å²) in [6.07, 6.45) is 5.14. The Hall–Kier alpha value is -2.83. The second-order valence-corrected chi connectivity index (χ2v) is 8.70. The van der Waals surface area contributed by atoms with Gasteiger partial charge < -0.3 is 15.2 Å². The molecule has 0 bridgehead atoms. The number of nitrogens with zero attached hydrogens (tertiary/aromatic N) is 2. The van der Waals surface area contributed by atoms with Crippen molar-refractivity contribution in [1.29, 1.82) is 0 Å². The molecule has 4 rings (SSSR count). The first kappa shape index (κ1) is 21.4. The van der Waals surface area contributed by atoms with E-state index in [0.29, 0.717) is 29.5 Å². The molecule has 0 spiro atoms. The number of hydrogen-bond acceptors (Lipinski definition) is 5. The number of anilines is 1. The number of benzene rings is 2. The van der Waals surface area contributed by atoms with Crippen LogP contribution in [0.2, 0.25) is 5.02 Å². The molecule has 0 saturated carbocycles. The zero-order valence-corrected chi connectivity index (χ0v) is 18.4. The number of carbonyl (C=O) groups excluding carboxylic acids is 1. The van der Waals surface area contributed by atoms with Gasteiger partial charge in [0, 0.05) is 41.8 Å². The minimum absolute atomic E-state index is 0.0459. The lowest BCUT2D eigenvalue weighted by molar-refractivity contribution is -0.127. The molecule has 2 N–H and O–H groups in total. The highest BCUT2D eigenvalue weighted by molar-refractivity contribution is 6.38. The smallest absolute Gasteiger partial charge is 0.231 e. The van der Waals surface area contributed by atoms with Gasteiger partial charge in [0.1, 0.15) is 0 Å². The van der Waals surface area contributed by atoms with Crippen molar-refractivity contribution in [3.05, 3.63) is 59.4 Å². The van der Waals surface area contributed by atoms with Gasteiger partial charge in [0.2, 0.25) is 5.91 Å². The molecule has 7 heteroatoms. The number of hydrogen-bond donors (Lipinski definition) is 2. The second kappa shape index (κ2) is 8.73. The van der Waals surface area contributed by atoms with Crippen LogP contribution in [-0.2, 0) is 11.3 Å². The number of piperidine rings is 1. The van der Waals surface area contributed by atoms with Gasteiger partial charge in [-0.2, -0.15) is 0 Å². The van der Waals surface area contributed by atoms with E-state index in [9.17, 15) is 9.90 Å². The van der Waals surface area contributed by atoms with Crippen molar-refractivity contribution in [3.63, 3.8) is 0 Å². The van der Waals surface area contributed by atoms with Crippen LogP contribution in [0.1, 0.15) is 25.3 Å². The summed E-state index contributed by atoms with van der Waals surface area (Å²) in [4.78, 5) is 19.6. The molecule has 1 fully saturated rings. The van der Waals surface area contributed by atoms with Crippen LogP contribution in [0.3, 0.4) is 0 Å². The van der Waals surface area contributed by atoms with E-state index in [2.05, 4.69) is 15.2 Å². The van der Waals surface area contributed by atoms with E-state index in [4.69, 9.17) is 16.3 Å². The van der Waals surface area contributed by atoms with E-state index in [-0.39, 0.29) is 11.7 Å². The number of phenolic OH excluding ortho intramolecular Hbond substituents is 1. The summed E-state index contributed by atoms with van der Waals surface area (Å²) in [6.45, 7) is 4.08. The number of carbonyl (C=O) groups is 1. The maximum atomic E-state index is 13.3. The molecule has 31 heavy (non-hydrogen) atoms. The Bertz CT molecular complexity index is 1120. The number of fused-ring (bicyclic) bond motifs is 1. The van der Waals surface area contributed by atoms with E-state index in [1.807, 2.05) is 31.2 Å². The van der Waals surface area contributed by atoms with Crippen LogP contribution in [0.5, 0.6) is 11.5 Å². The third-order valence-electron chi connectivity index (χ3n) is 6.00. The maximum Gasteiger partial charge on any atom is 0.231 e. The number of halogens is 1. The fourth-order valence-corrected chi connectivity index (χ4v) is 4.62. The SMILES string of the molecule is COc1c(O)cccc1CN1CCCC(C)(C(=O)Nc2ccc3cnccc3c2Cl)C1. The highest BCUT2D eigenvalue weighted by Gasteiger charge is 2.38. The van der Waals surface area contributed by atoms with E-state index >= 15 is 0 Å². The van der Waals surface area contributed by atoms with Crippen molar-refractivity contribution in [1.82, 2.24) is 9.88 Å². The largest absolute Gasteiger partial charge is 0.504 e. The average Bonchev–Trinajstić information content (AvgIpc) is 2.76. The normalized spacial score (nSPS) is 19.3. The third-order valence-corrected chi connectivity index (χ3v) is 6.41. The maximum absolute atomic E-state index is 13.3. The first-order chi connectivity index (χ1) is 14.9. The van der Waals surface area contributed by atoms with Crippen molar-refractivity contribution < 1.29 is 14.6 Å². The molecule has 1 unspecified atom stereocenters. The van der Waals surface area contributed by atoms with E-state index < -0.39 is 5.41 Å². The van der Waals surface area contributed by atoms with Gasteiger partial charge in [-0.1, -0.05) is 29.8 Å². The summed E-state index contributed by atoms with van der Waals surface area (Å²) in [6, 6.07) is 10.9. The first-order valence-corrected chi connectivity index (χ1v) is 10.7. The Morgan fingerprint density at radius 2 is 2.16 bits per heavy atom. The summed E-state index contributed by atoms with van der Waals surface area (Å²) in [5.74, 6) is 0.561. The average molecular weight is 440 g/mol. The van der Waals surface area contributed by atoms with Gasteiger partial charge in [-0.3, -0.25) is 14.7 Å². The minimum atomic E-state index is -0.557. The number of aromatic nitrogens is 1. The van der Waals surface area contributed by atoms with Crippen LogP contribution in [0.25, 0.3) is 10.8 Å². The molecule has 3 aromatic rings. The third kappa shape index (κ3) is 4.31. The summed E-state index contributed by atoms with van der Waals surface area (Å²) in [5.41, 5.74) is 0.954. The molecule has 1 atom stereocenters. The Kier molecular flexibility index (Phi) is 6.03. The predicted molar refractivity (Wildman–Crippen MR) is 123 cm³/mol. The highest BCUT2D eigenvalue weighted by Crippen LogP contribution is 2.36. The zero-order valence-electron chi connectivity index (χ0n) is 17.7. The predicted octanol–water partition coefficient (Wildman–Crippen LogP) is 4.84. The van der Waals surface area contributed by atoms with Crippen molar-refractivity contribution in [2.45, 2.75) is 26.3 Å². The quantitative estimate of drug-likeness (QED) is 0.594. The molecule has 1 aliphatic rings. The molecular weight excluding hydrogens is 414 g/mol. The van der Waals surface area contributed by atoms with Gasteiger partial charge >= 0.3 is 0 Å². The monoisotopic (exact) mass is 439 g/mol. The Morgan fingerprint density at radius 3 is 2.97 bits per heavy atom. The topological polar surface area (TPSA) is 74.7 Å². The van der Waals surface area contributed by atoms with Crippen molar-refractivity contribution in [2.75, 3.05) is 25.5 Å². The number of likely N-dealkylation sites (tertiary alicyclic amines) is 1. The van der Waals surface area contributed by atoms with E-state index in [1.165, 1.54) is 0 Å². The van der Waals surface area contributed by atoms with Gasteiger partial charge in [-0.25, -0.2) is 0 Å². The number of methoxy groups -OCH3 is 1. The molecular formula is C24H26ClN3O3. The number of rotatable bonds is 5. The van der Waals surface area contributed by atoms with Crippen LogP contribution >= 0.6 is 11.6 Å². The number of nitrogens with one attached hydrogen (secondary N) is 1. The number of amides is 1. The van der Waals surface area contributed by atoms with Crippen molar-refractivity contribution in [2.24, 2.45) is 5.41 Å². The first-order valence-electron chi connectivity index (χ1n) is 10.3. The molecule has 162 valence electrons. The molecule has 1 aromatic heterocycles. The fourth-order valence-electron chi connectivity index (χ4n) is 4.34. The van der Waals surface area contributed by atoms with Crippen molar-refractivity contribution >= 4 is 34.0 Å². The molecule has 2 aromatic carbocycles. The van der Waals surface area contributed by atoms with Crippen LogP contribution in [0.15, 0.2) is 48.8 Å². The molecule has 1 aliphatic heterocycles. The lowest BCUT2D eigenvalue weighted by Crippen LogP contribution is -2.47. The molecule has 6 nitrogen and oxygen atoms in total. The number of phenols is 1. The highest BCUT2D eigenvalue weighted by atomic mass is 35.5. The fraction of sp³-hybridized carbons (Fsp3) is 0.333. The van der Waals surface area contributed by atoms with Crippen LogP contribution in [-0.4, -0.2) is 41.1 Å². The van der Waals surface area contributed by atoms with Crippen molar-refractivity contribution in [3.8, 4) is 11.5 Å². The lowest BCUT2D eigenvalue weighted by atomic mass is 9.80. The van der Waals surface area contributed by atoms with Crippen LogP contribution < -0.4 is 10.1 Å². The van der Waals surface area contributed by atoms with Crippen LogP contribution in [0.4, 0.5) is 5.69 Å². The van der Waals surface area contributed by atoms with E-state index in [1.54, 1.807) is 31.6 Å². The Labute approximate surface area is 186 Å². The molecule has 2 heterocycles. The van der Waals surface area contributed by atoms with Crippen LogP contribution in [0, 0.1) is 5.41 Å². The molecule has 0 aliphatic carbocycles. The lowest BCUT2D eigenvalue weighted by Gasteiger charge is -2.39. The number of ether oxygens (including phenoxy) is 1. The molecule has 1 saturated heterocycles. The molecule has 0 radical (unpaired) electrons. The number of para-hydroxylation sites is 1. The Balaban J connectivity index is 1.51. The van der Waals surface area contributed by atoms with Gasteiger partial charge in [0.25, 0.3) is 0 Å². The summed E-state index contributed by atoms with van der Waals surface area (Å²) in [7, 11) is 1.55. The van der Waals surface area contributed by atoms with Gasteiger partial charge in [0.05, 0.1) is 23.2 Å². The summed E-state index contributed by atoms with van der Waals surface area (Å²) >= 11 is 6.56. The van der Waals surface area contributed by atoms with Gasteiger partial charge in [0.15, 0.2) is 11.5 Å². The minimum Gasteiger partial charge on any atom is -0.504 e. The Morgan fingerprint density at radius 1 is 1.32 bits per heavy atom. The zero-order chi connectivity index (χ0) is 22.0. The second-order valence-electron chi connectivity index (χ2n) is 8.32. The standard InChI is InChI=1S/C24H26ClN3O3/c1-24(23(30)27-19-8-7-16-13-26-11-9-18(16)21(19)25)10-4-12-28(15-24)14-17-5-3-6-20(29)22(17)31-2/h3,5-9,11,13,29H,4,10,12,14-15H2,1-2H3,(H,27,30).